The maximum Gasteiger partial charge on any atom is 0.252 e. The molecule has 10 heteroatoms. The van der Waals surface area contributed by atoms with E-state index >= 15 is 0 Å². The Morgan fingerprint density at radius 3 is 2.06 bits per heavy atom. The zero-order chi connectivity index (χ0) is 24.7. The lowest BCUT2D eigenvalue weighted by molar-refractivity contribution is -0.120. The zero-order valence-corrected chi connectivity index (χ0v) is 19.1. The minimum absolute atomic E-state index is 0.00556. The van der Waals surface area contributed by atoms with Gasteiger partial charge < -0.3 is 16.4 Å². The van der Waals surface area contributed by atoms with Gasteiger partial charge in [-0.05, 0) is 47.5 Å². The lowest BCUT2D eigenvalue weighted by Gasteiger charge is -2.16. The van der Waals surface area contributed by atoms with Crippen LogP contribution in [0.5, 0.6) is 0 Å². The van der Waals surface area contributed by atoms with E-state index in [4.69, 9.17) is 5.73 Å². The van der Waals surface area contributed by atoms with Crippen molar-refractivity contribution < 1.29 is 22.8 Å². The summed E-state index contributed by atoms with van der Waals surface area (Å²) >= 11 is 0. The number of nitrogens with one attached hydrogen (secondary N) is 3. The van der Waals surface area contributed by atoms with Crippen LogP contribution in [0.25, 0.3) is 0 Å². The summed E-state index contributed by atoms with van der Waals surface area (Å²) in [7, 11) is -3.78. The van der Waals surface area contributed by atoms with E-state index in [0.29, 0.717) is 22.4 Å². The van der Waals surface area contributed by atoms with Gasteiger partial charge in [0.15, 0.2) is 0 Å². The number of anilines is 1. The second kappa shape index (κ2) is 10.7. The van der Waals surface area contributed by atoms with Crippen LogP contribution >= 0.6 is 0 Å². The first-order valence-electron chi connectivity index (χ1n) is 10.3. The van der Waals surface area contributed by atoms with Crippen LogP contribution in [-0.4, -0.2) is 26.1 Å². The molecule has 9 nitrogen and oxygen atoms in total. The Hall–Kier alpha value is -4.02. The van der Waals surface area contributed by atoms with Gasteiger partial charge in [-0.3, -0.25) is 14.4 Å². The molecule has 0 aliphatic heterocycles. The number of benzene rings is 3. The van der Waals surface area contributed by atoms with Crippen molar-refractivity contribution in [3.8, 4) is 0 Å². The molecule has 3 aromatic carbocycles. The number of hydrogen-bond acceptors (Lipinski definition) is 5. The molecule has 34 heavy (non-hydrogen) atoms. The normalized spacial score (nSPS) is 11.9. The molecule has 1 unspecified atom stereocenters. The van der Waals surface area contributed by atoms with E-state index in [9.17, 15) is 22.8 Å². The second-order valence-corrected chi connectivity index (χ2v) is 9.21. The maximum absolute atomic E-state index is 12.6. The number of carbonyl (C=O) groups excluding carboxylic acids is 3. The fraction of sp³-hybridized carbons (Fsp3) is 0.125. The predicted octanol–water partition coefficient (Wildman–Crippen LogP) is 2.08. The van der Waals surface area contributed by atoms with E-state index in [1.165, 1.54) is 43.3 Å². The Morgan fingerprint density at radius 2 is 1.50 bits per heavy atom. The predicted molar refractivity (Wildman–Crippen MR) is 127 cm³/mol. The molecule has 0 fully saturated rings. The molecule has 176 valence electrons. The molecular weight excluding hydrogens is 456 g/mol. The number of nitrogens with two attached hydrogens (primary N) is 1. The summed E-state index contributed by atoms with van der Waals surface area (Å²) in [5.41, 5.74) is 7.42. The van der Waals surface area contributed by atoms with Gasteiger partial charge in [-0.2, -0.15) is 0 Å². The van der Waals surface area contributed by atoms with Crippen molar-refractivity contribution in [2.45, 2.75) is 24.4 Å². The maximum atomic E-state index is 12.6. The number of carbonyl (C=O) groups is 3. The smallest absolute Gasteiger partial charge is 0.252 e. The van der Waals surface area contributed by atoms with Crippen LogP contribution in [0.3, 0.4) is 0 Å². The van der Waals surface area contributed by atoms with E-state index in [-0.39, 0.29) is 17.3 Å². The van der Waals surface area contributed by atoms with Crippen molar-refractivity contribution in [1.82, 2.24) is 10.0 Å². The highest BCUT2D eigenvalue weighted by Crippen LogP contribution is 2.16. The van der Waals surface area contributed by atoms with Crippen molar-refractivity contribution >= 4 is 33.4 Å². The van der Waals surface area contributed by atoms with E-state index in [2.05, 4.69) is 15.4 Å². The molecule has 3 aromatic rings. The van der Waals surface area contributed by atoms with Gasteiger partial charge in [0, 0.05) is 24.7 Å². The Balaban J connectivity index is 1.62. The van der Waals surface area contributed by atoms with Crippen LogP contribution in [0.1, 0.15) is 34.5 Å². The van der Waals surface area contributed by atoms with E-state index in [1.54, 1.807) is 42.5 Å². The van der Waals surface area contributed by atoms with Crippen molar-refractivity contribution in [2.24, 2.45) is 5.73 Å². The summed E-state index contributed by atoms with van der Waals surface area (Å²) < 4.78 is 27.5. The van der Waals surface area contributed by atoms with Crippen molar-refractivity contribution in [1.29, 1.82) is 0 Å². The molecule has 1 atom stereocenters. The zero-order valence-electron chi connectivity index (χ0n) is 18.3. The summed E-state index contributed by atoms with van der Waals surface area (Å²) in [6.45, 7) is 1.37. The lowest BCUT2D eigenvalue weighted by Crippen LogP contribution is -2.37. The van der Waals surface area contributed by atoms with Gasteiger partial charge in [-0.25, -0.2) is 13.1 Å². The lowest BCUT2D eigenvalue weighted by atomic mass is 10.1. The molecule has 0 aliphatic carbocycles. The molecule has 3 amide bonds. The monoisotopic (exact) mass is 480 g/mol. The van der Waals surface area contributed by atoms with Crippen LogP contribution in [0, 0.1) is 0 Å². The Labute approximate surface area is 197 Å². The summed E-state index contributed by atoms with van der Waals surface area (Å²) in [5, 5.41) is 5.18. The average molecular weight is 481 g/mol. The molecule has 0 aliphatic rings. The topological polar surface area (TPSA) is 147 Å². The second-order valence-electron chi connectivity index (χ2n) is 7.45. The Kier molecular flexibility index (Phi) is 7.77. The van der Waals surface area contributed by atoms with Crippen LogP contribution in [0.15, 0.2) is 83.8 Å². The molecule has 0 radical (unpaired) electrons. The molecule has 0 aromatic heterocycles. The number of amides is 3. The third kappa shape index (κ3) is 6.50. The summed E-state index contributed by atoms with van der Waals surface area (Å²) in [6.07, 6.45) is 0. The van der Waals surface area contributed by atoms with E-state index in [1.807, 2.05) is 0 Å². The number of primary amides is 1. The molecular formula is C24H24N4O5S. The van der Waals surface area contributed by atoms with Crippen molar-refractivity contribution in [3.63, 3.8) is 0 Å². The third-order valence-corrected chi connectivity index (χ3v) is 6.28. The first kappa shape index (κ1) is 24.6. The first-order chi connectivity index (χ1) is 16.2. The third-order valence-electron chi connectivity index (χ3n) is 4.86. The van der Waals surface area contributed by atoms with Gasteiger partial charge in [0.2, 0.25) is 21.8 Å². The highest BCUT2D eigenvalue weighted by Gasteiger charge is 2.21. The molecule has 0 heterocycles. The number of rotatable bonds is 9. The van der Waals surface area contributed by atoms with Gasteiger partial charge in [-0.15, -0.1) is 0 Å². The van der Waals surface area contributed by atoms with E-state index in [0.717, 1.165) is 0 Å². The molecule has 3 rings (SSSR count). The molecule has 5 N–H and O–H groups in total. The van der Waals surface area contributed by atoms with Crippen LogP contribution in [-0.2, 0) is 26.2 Å². The Morgan fingerprint density at radius 1 is 0.882 bits per heavy atom. The van der Waals surface area contributed by atoms with Crippen LogP contribution < -0.4 is 21.1 Å². The van der Waals surface area contributed by atoms with Gasteiger partial charge >= 0.3 is 0 Å². The highest BCUT2D eigenvalue weighted by molar-refractivity contribution is 7.89. The van der Waals surface area contributed by atoms with Crippen LogP contribution in [0.4, 0.5) is 5.69 Å². The Bertz CT molecular complexity index is 1280. The largest absolute Gasteiger partial charge is 0.368 e. The average Bonchev–Trinajstić information content (AvgIpc) is 2.82. The van der Waals surface area contributed by atoms with E-state index < -0.39 is 27.9 Å². The minimum Gasteiger partial charge on any atom is -0.368 e. The number of hydrogen-bond donors (Lipinski definition) is 4. The number of sulfonamides is 1. The molecule has 0 spiro atoms. The molecule has 0 saturated heterocycles. The quantitative estimate of drug-likeness (QED) is 0.370. The minimum atomic E-state index is -3.78. The first-order valence-corrected chi connectivity index (χ1v) is 11.8. The van der Waals surface area contributed by atoms with Crippen molar-refractivity contribution in [2.75, 3.05) is 5.32 Å². The van der Waals surface area contributed by atoms with Gasteiger partial charge in [0.05, 0.1) is 4.90 Å². The van der Waals surface area contributed by atoms with Gasteiger partial charge in [-0.1, -0.05) is 42.5 Å². The van der Waals surface area contributed by atoms with Crippen molar-refractivity contribution in [3.05, 3.63) is 95.6 Å². The highest BCUT2D eigenvalue weighted by atomic mass is 32.2. The molecule has 0 bridgehead atoms. The summed E-state index contributed by atoms with van der Waals surface area (Å²) in [4.78, 5) is 35.5. The van der Waals surface area contributed by atoms with Gasteiger partial charge in [0.25, 0.3) is 5.91 Å². The fourth-order valence-corrected chi connectivity index (χ4v) is 4.15. The summed E-state index contributed by atoms with van der Waals surface area (Å²) in [6, 6.07) is 19.7. The SMILES string of the molecule is CC(=O)Nc1ccc(S(=O)(=O)NCc2ccc(C(=O)NC(C(N)=O)c3ccccc3)cc2)cc1. The summed E-state index contributed by atoms with van der Waals surface area (Å²) in [5.74, 6) is -1.43. The molecule has 0 saturated carbocycles. The standard InChI is InChI=1S/C24H24N4O5S/c1-16(29)27-20-11-13-21(14-12-20)34(32,33)26-15-17-7-9-19(10-8-17)24(31)28-22(23(25)30)18-5-3-2-4-6-18/h2-14,22,26H,15H2,1H3,(H2,25,30)(H,27,29)(H,28,31). The van der Waals surface area contributed by atoms with Gasteiger partial charge in [0.1, 0.15) is 6.04 Å². The fourth-order valence-electron chi connectivity index (χ4n) is 3.13. The van der Waals surface area contributed by atoms with Crippen LogP contribution in [0.2, 0.25) is 0 Å².